The summed E-state index contributed by atoms with van der Waals surface area (Å²) in [6.45, 7) is 7.18. The predicted octanol–water partition coefficient (Wildman–Crippen LogP) is 2.17. The molecule has 1 saturated heterocycles. The number of halogens is 4. The summed E-state index contributed by atoms with van der Waals surface area (Å²) >= 11 is 0. The van der Waals surface area contributed by atoms with Gasteiger partial charge in [-0.25, -0.2) is 0 Å². The first-order valence-corrected chi connectivity index (χ1v) is 7.74. The van der Waals surface area contributed by atoms with E-state index < -0.39 is 12.2 Å². The van der Waals surface area contributed by atoms with Gasteiger partial charge in [0.05, 0.1) is 0 Å². The van der Waals surface area contributed by atoms with Crippen molar-refractivity contribution in [1.29, 1.82) is 0 Å². The fourth-order valence-corrected chi connectivity index (χ4v) is 2.38. The molecular weight excluding hydrogens is 424 g/mol. The number of hydrogen-bond acceptors (Lipinski definition) is 3. The van der Waals surface area contributed by atoms with Gasteiger partial charge >= 0.3 is 6.18 Å². The van der Waals surface area contributed by atoms with E-state index in [-0.39, 0.29) is 24.0 Å². The summed E-state index contributed by atoms with van der Waals surface area (Å²) < 4.78 is 43.4. The molecule has 0 bridgehead atoms. The Balaban J connectivity index is 0.00000484. The summed E-state index contributed by atoms with van der Waals surface area (Å²) in [5.41, 5.74) is 0. The average Bonchev–Trinajstić information content (AvgIpc) is 2.49. The zero-order valence-corrected chi connectivity index (χ0v) is 16.4. The topological polar surface area (TPSA) is 40.1 Å². The maximum Gasteiger partial charge on any atom is 0.403 e. The average molecular weight is 452 g/mol. The Bertz CT molecular complexity index is 347. The minimum atomic E-state index is -4.17. The summed E-state index contributed by atoms with van der Waals surface area (Å²) in [6, 6.07) is -1.39. The monoisotopic (exact) mass is 452 g/mol. The van der Waals surface area contributed by atoms with Crippen LogP contribution in [0.4, 0.5) is 13.2 Å². The molecule has 0 aromatic rings. The third kappa shape index (κ3) is 7.88. The normalized spacial score (nSPS) is 18.5. The molecule has 1 unspecified atom stereocenters. The number of alkyl halides is 3. The molecule has 0 aromatic heterocycles. The van der Waals surface area contributed by atoms with Crippen molar-refractivity contribution in [2.75, 3.05) is 53.0 Å². The highest BCUT2D eigenvalue weighted by Crippen LogP contribution is 2.25. The molecule has 0 radical (unpaired) electrons. The smallest absolute Gasteiger partial charge is 0.382 e. The summed E-state index contributed by atoms with van der Waals surface area (Å²) in [7, 11) is 1.69. The van der Waals surface area contributed by atoms with Crippen LogP contribution in [0.1, 0.15) is 20.3 Å². The lowest BCUT2D eigenvalue weighted by Gasteiger charge is -2.39. The van der Waals surface area contributed by atoms with Gasteiger partial charge in [0.1, 0.15) is 6.04 Å². The molecule has 1 heterocycles. The molecular formula is C14H28F3IN4O. The molecule has 23 heavy (non-hydrogen) atoms. The predicted molar refractivity (Wildman–Crippen MR) is 96.5 cm³/mol. The third-order valence-corrected chi connectivity index (χ3v) is 3.80. The van der Waals surface area contributed by atoms with Crippen molar-refractivity contribution in [2.24, 2.45) is 4.99 Å². The van der Waals surface area contributed by atoms with Crippen molar-refractivity contribution in [2.45, 2.75) is 32.5 Å². The third-order valence-electron chi connectivity index (χ3n) is 3.80. The first kappa shape index (κ1) is 22.7. The number of rotatable bonds is 6. The van der Waals surface area contributed by atoms with Gasteiger partial charge in [-0.2, -0.15) is 13.2 Å². The first-order chi connectivity index (χ1) is 10.4. The molecule has 0 amide bonds. The van der Waals surface area contributed by atoms with E-state index >= 15 is 0 Å². The van der Waals surface area contributed by atoms with Gasteiger partial charge in [0, 0.05) is 53.0 Å². The number of hydrogen-bond donors (Lipinski definition) is 1. The van der Waals surface area contributed by atoms with Crippen molar-refractivity contribution in [3.05, 3.63) is 0 Å². The highest BCUT2D eigenvalue weighted by Gasteiger charge is 2.40. The van der Waals surface area contributed by atoms with E-state index in [0.717, 1.165) is 18.9 Å². The largest absolute Gasteiger partial charge is 0.403 e. The van der Waals surface area contributed by atoms with Crippen molar-refractivity contribution >= 4 is 29.9 Å². The Morgan fingerprint density at radius 1 is 1.26 bits per heavy atom. The van der Waals surface area contributed by atoms with Crippen LogP contribution in [0, 0.1) is 0 Å². The van der Waals surface area contributed by atoms with Gasteiger partial charge in [-0.3, -0.25) is 9.89 Å². The fourth-order valence-electron chi connectivity index (χ4n) is 2.38. The molecule has 0 spiro atoms. The minimum Gasteiger partial charge on any atom is -0.382 e. The molecule has 0 aliphatic carbocycles. The van der Waals surface area contributed by atoms with E-state index in [2.05, 4.69) is 10.3 Å². The minimum absolute atomic E-state index is 0. The molecule has 138 valence electrons. The van der Waals surface area contributed by atoms with Crippen LogP contribution in [-0.4, -0.2) is 81.0 Å². The molecule has 1 aliphatic heterocycles. The molecule has 9 heteroatoms. The van der Waals surface area contributed by atoms with E-state index in [1.54, 1.807) is 7.05 Å². The van der Waals surface area contributed by atoms with Crippen LogP contribution < -0.4 is 5.32 Å². The molecule has 0 aromatic carbocycles. The van der Waals surface area contributed by atoms with Crippen LogP contribution in [-0.2, 0) is 4.74 Å². The second-order valence-electron chi connectivity index (χ2n) is 5.27. The quantitative estimate of drug-likeness (QED) is 0.290. The summed E-state index contributed by atoms with van der Waals surface area (Å²) in [5.74, 6) is 0.746. The molecule has 1 rings (SSSR count). The highest BCUT2D eigenvalue weighted by molar-refractivity contribution is 14.0. The molecule has 1 atom stereocenters. The Morgan fingerprint density at radius 3 is 2.35 bits per heavy atom. The number of ether oxygens (including phenoxy) is 1. The van der Waals surface area contributed by atoms with Gasteiger partial charge in [-0.15, -0.1) is 24.0 Å². The van der Waals surface area contributed by atoms with Crippen LogP contribution in [0.2, 0.25) is 0 Å². The molecule has 1 fully saturated rings. The summed E-state index contributed by atoms with van der Waals surface area (Å²) in [5, 5.41) is 3.23. The number of nitrogens with one attached hydrogen (secondary N) is 1. The van der Waals surface area contributed by atoms with Crippen molar-refractivity contribution in [3.63, 3.8) is 0 Å². The van der Waals surface area contributed by atoms with Crippen LogP contribution in [0.25, 0.3) is 0 Å². The van der Waals surface area contributed by atoms with Crippen LogP contribution in [0.3, 0.4) is 0 Å². The lowest BCUT2D eigenvalue weighted by molar-refractivity contribution is -0.181. The number of piperazine rings is 1. The molecule has 0 saturated carbocycles. The van der Waals surface area contributed by atoms with Crippen LogP contribution in [0.15, 0.2) is 4.99 Å². The molecule has 1 N–H and O–H groups in total. The highest BCUT2D eigenvalue weighted by atomic mass is 127. The standard InChI is InChI=1S/C14H27F3N4O.HI/c1-4-22-11-5-6-19-13(18-3)21-9-7-20(8-10-21)12(2)14(15,16)17;/h12H,4-11H2,1-3H3,(H,18,19);1H. The van der Waals surface area contributed by atoms with Gasteiger partial charge < -0.3 is 15.0 Å². The van der Waals surface area contributed by atoms with Crippen molar-refractivity contribution in [1.82, 2.24) is 15.1 Å². The lowest BCUT2D eigenvalue weighted by atomic mass is 10.2. The van der Waals surface area contributed by atoms with Gasteiger partial charge in [0.2, 0.25) is 0 Å². The Morgan fingerprint density at radius 2 is 1.87 bits per heavy atom. The lowest BCUT2D eigenvalue weighted by Crippen LogP contribution is -2.56. The van der Waals surface area contributed by atoms with Crippen LogP contribution in [0.5, 0.6) is 0 Å². The number of aliphatic imine (C=N–C) groups is 1. The summed E-state index contributed by atoms with van der Waals surface area (Å²) in [4.78, 5) is 7.67. The Labute approximate surface area is 153 Å². The molecule has 1 aliphatic rings. The maximum atomic E-state index is 12.7. The van der Waals surface area contributed by atoms with E-state index in [0.29, 0.717) is 39.4 Å². The maximum absolute atomic E-state index is 12.7. The van der Waals surface area contributed by atoms with Crippen LogP contribution >= 0.6 is 24.0 Å². The van der Waals surface area contributed by atoms with E-state index in [9.17, 15) is 13.2 Å². The summed E-state index contributed by atoms with van der Waals surface area (Å²) in [6.07, 6.45) is -3.29. The van der Waals surface area contributed by atoms with E-state index in [1.807, 2.05) is 11.8 Å². The Kier molecular flexibility index (Phi) is 11.2. The number of nitrogens with zero attached hydrogens (tertiary/aromatic N) is 3. The molecule has 5 nitrogen and oxygen atoms in total. The van der Waals surface area contributed by atoms with Gasteiger partial charge in [0.25, 0.3) is 0 Å². The van der Waals surface area contributed by atoms with Crippen molar-refractivity contribution < 1.29 is 17.9 Å². The van der Waals surface area contributed by atoms with Gasteiger partial charge in [-0.05, 0) is 20.3 Å². The first-order valence-electron chi connectivity index (χ1n) is 7.74. The zero-order valence-electron chi connectivity index (χ0n) is 14.0. The van der Waals surface area contributed by atoms with E-state index in [1.165, 1.54) is 11.8 Å². The second kappa shape index (κ2) is 11.3. The fraction of sp³-hybridized carbons (Fsp3) is 0.929. The zero-order chi connectivity index (χ0) is 16.6. The van der Waals surface area contributed by atoms with Crippen molar-refractivity contribution in [3.8, 4) is 0 Å². The van der Waals surface area contributed by atoms with Gasteiger partial charge in [-0.1, -0.05) is 0 Å². The van der Waals surface area contributed by atoms with E-state index in [4.69, 9.17) is 4.74 Å². The SMILES string of the molecule is CCOCCCNC(=NC)N1CCN(C(C)C(F)(F)F)CC1.I. The second-order valence-corrected chi connectivity index (χ2v) is 5.27. The number of guanidine groups is 1. The Hall–Kier alpha value is -0.290. The van der Waals surface area contributed by atoms with Gasteiger partial charge in [0.15, 0.2) is 5.96 Å².